The molecule has 13 heavy (non-hydrogen) atoms. The van der Waals surface area contributed by atoms with Crippen LogP contribution < -0.4 is 5.43 Å². The van der Waals surface area contributed by atoms with Gasteiger partial charge in [0, 0.05) is 13.0 Å². The highest BCUT2D eigenvalue weighted by atomic mass is 16.4. The average Bonchev–Trinajstić information content (AvgIpc) is 2.46. The van der Waals surface area contributed by atoms with Crippen LogP contribution in [0.4, 0.5) is 0 Å². The molecule has 0 aliphatic carbocycles. The van der Waals surface area contributed by atoms with Crippen molar-refractivity contribution < 1.29 is 14.7 Å². The standard InChI is InChI=1S/C8H12N2O3/c1-2-6(8(12)13)9-10-5-3-4-7(10)11/h2,6,9H,1,3-5H2,(H,12,13). The highest BCUT2D eigenvalue weighted by molar-refractivity contribution is 5.79. The van der Waals surface area contributed by atoms with E-state index in [1.807, 2.05) is 0 Å². The number of hydrogen-bond acceptors (Lipinski definition) is 3. The van der Waals surface area contributed by atoms with Crippen LogP contribution in [0.1, 0.15) is 12.8 Å². The molecule has 0 aromatic carbocycles. The van der Waals surface area contributed by atoms with Gasteiger partial charge in [-0.3, -0.25) is 14.6 Å². The molecule has 2 N–H and O–H groups in total. The summed E-state index contributed by atoms with van der Waals surface area (Å²) in [6.07, 6.45) is 2.51. The summed E-state index contributed by atoms with van der Waals surface area (Å²) in [6.45, 7) is 3.93. The number of nitrogens with one attached hydrogen (secondary N) is 1. The summed E-state index contributed by atoms with van der Waals surface area (Å²) >= 11 is 0. The molecule has 1 heterocycles. The van der Waals surface area contributed by atoms with E-state index in [0.717, 1.165) is 6.42 Å². The summed E-state index contributed by atoms with van der Waals surface area (Å²) in [5, 5.41) is 9.98. The van der Waals surface area contributed by atoms with Crippen LogP contribution in [0.15, 0.2) is 12.7 Å². The normalized spacial score (nSPS) is 18.8. The zero-order valence-corrected chi connectivity index (χ0v) is 7.19. The van der Waals surface area contributed by atoms with Crippen LogP contribution in [0.3, 0.4) is 0 Å². The second-order valence-corrected chi connectivity index (χ2v) is 2.83. The van der Waals surface area contributed by atoms with Crippen LogP contribution in [0.5, 0.6) is 0 Å². The van der Waals surface area contributed by atoms with Crippen molar-refractivity contribution in [3.8, 4) is 0 Å². The van der Waals surface area contributed by atoms with Crippen molar-refractivity contribution in [2.75, 3.05) is 6.54 Å². The van der Waals surface area contributed by atoms with Gasteiger partial charge in [0.1, 0.15) is 6.04 Å². The fourth-order valence-corrected chi connectivity index (χ4v) is 1.16. The minimum Gasteiger partial charge on any atom is -0.480 e. The number of amides is 1. The lowest BCUT2D eigenvalue weighted by molar-refractivity contribution is -0.141. The minimum atomic E-state index is -1.03. The Hall–Kier alpha value is -1.36. The third-order valence-corrected chi connectivity index (χ3v) is 1.87. The maximum absolute atomic E-state index is 11.1. The first kappa shape index (κ1) is 9.73. The molecule has 1 amide bonds. The van der Waals surface area contributed by atoms with Gasteiger partial charge in [-0.05, 0) is 6.42 Å². The van der Waals surface area contributed by atoms with E-state index in [4.69, 9.17) is 5.11 Å². The number of nitrogens with zero attached hydrogens (tertiary/aromatic N) is 1. The maximum Gasteiger partial charge on any atom is 0.326 e. The molecule has 1 saturated heterocycles. The molecule has 0 saturated carbocycles. The fourth-order valence-electron chi connectivity index (χ4n) is 1.16. The van der Waals surface area contributed by atoms with Crippen molar-refractivity contribution in [1.29, 1.82) is 0 Å². The van der Waals surface area contributed by atoms with E-state index < -0.39 is 12.0 Å². The molecule has 0 spiro atoms. The van der Waals surface area contributed by atoms with Gasteiger partial charge in [0.2, 0.25) is 5.91 Å². The van der Waals surface area contributed by atoms with Gasteiger partial charge in [-0.15, -0.1) is 6.58 Å². The Morgan fingerprint density at radius 1 is 1.77 bits per heavy atom. The maximum atomic E-state index is 11.1. The molecule has 1 fully saturated rings. The Morgan fingerprint density at radius 2 is 2.46 bits per heavy atom. The third-order valence-electron chi connectivity index (χ3n) is 1.87. The first-order valence-electron chi connectivity index (χ1n) is 4.07. The van der Waals surface area contributed by atoms with E-state index in [0.29, 0.717) is 13.0 Å². The number of hydrazine groups is 1. The molecule has 1 atom stereocenters. The van der Waals surface area contributed by atoms with Crippen molar-refractivity contribution in [2.45, 2.75) is 18.9 Å². The van der Waals surface area contributed by atoms with Crippen molar-refractivity contribution in [2.24, 2.45) is 0 Å². The van der Waals surface area contributed by atoms with Crippen LogP contribution in [0.25, 0.3) is 0 Å². The van der Waals surface area contributed by atoms with Crippen LogP contribution in [-0.2, 0) is 9.59 Å². The molecular formula is C8H12N2O3. The molecule has 1 aliphatic heterocycles. The highest BCUT2D eigenvalue weighted by Gasteiger charge is 2.24. The van der Waals surface area contributed by atoms with E-state index in [1.54, 1.807) is 0 Å². The first-order chi connectivity index (χ1) is 6.15. The van der Waals surface area contributed by atoms with Crippen LogP contribution in [0.2, 0.25) is 0 Å². The number of carboxylic acid groups (broad SMARTS) is 1. The quantitative estimate of drug-likeness (QED) is 0.591. The smallest absolute Gasteiger partial charge is 0.326 e. The average molecular weight is 184 g/mol. The Kier molecular flexibility index (Phi) is 3.02. The van der Waals surface area contributed by atoms with Gasteiger partial charge in [-0.25, -0.2) is 5.43 Å². The summed E-state index contributed by atoms with van der Waals surface area (Å²) in [5.41, 5.74) is 2.58. The highest BCUT2D eigenvalue weighted by Crippen LogP contribution is 2.07. The minimum absolute atomic E-state index is 0.0619. The van der Waals surface area contributed by atoms with Gasteiger partial charge in [0.05, 0.1) is 0 Å². The Balaban J connectivity index is 2.50. The Morgan fingerprint density at radius 3 is 2.85 bits per heavy atom. The summed E-state index contributed by atoms with van der Waals surface area (Å²) < 4.78 is 0. The number of rotatable bonds is 4. The predicted octanol–water partition coefficient (Wildman–Crippen LogP) is -0.247. The molecule has 5 heteroatoms. The lowest BCUT2D eigenvalue weighted by Gasteiger charge is -2.20. The lowest BCUT2D eigenvalue weighted by atomic mass is 10.3. The molecule has 0 bridgehead atoms. The molecule has 1 unspecified atom stereocenters. The second kappa shape index (κ2) is 4.04. The monoisotopic (exact) mass is 184 g/mol. The Labute approximate surface area is 76.0 Å². The first-order valence-corrected chi connectivity index (χ1v) is 4.07. The molecule has 1 rings (SSSR count). The Bertz CT molecular complexity index is 240. The van der Waals surface area contributed by atoms with E-state index in [2.05, 4.69) is 12.0 Å². The topological polar surface area (TPSA) is 69.6 Å². The largest absolute Gasteiger partial charge is 0.480 e. The number of carboxylic acids is 1. The zero-order chi connectivity index (χ0) is 9.84. The number of aliphatic carboxylic acids is 1. The SMILES string of the molecule is C=CC(NN1CCCC1=O)C(=O)O. The zero-order valence-electron chi connectivity index (χ0n) is 7.19. The summed E-state index contributed by atoms with van der Waals surface area (Å²) in [5.74, 6) is -1.09. The van der Waals surface area contributed by atoms with Gasteiger partial charge in [0.15, 0.2) is 0 Å². The van der Waals surface area contributed by atoms with Crippen molar-refractivity contribution in [1.82, 2.24) is 10.4 Å². The summed E-state index contributed by atoms with van der Waals surface area (Å²) in [4.78, 5) is 21.6. The second-order valence-electron chi connectivity index (χ2n) is 2.83. The van der Waals surface area contributed by atoms with Crippen LogP contribution in [0, 0.1) is 0 Å². The summed E-state index contributed by atoms with van der Waals surface area (Å²) in [6, 6.07) is -0.887. The molecule has 0 aromatic heterocycles. The molecule has 0 radical (unpaired) electrons. The van der Waals surface area contributed by atoms with Crippen molar-refractivity contribution in [3.63, 3.8) is 0 Å². The van der Waals surface area contributed by atoms with Gasteiger partial charge in [-0.1, -0.05) is 6.08 Å². The number of carbonyl (C=O) groups is 2. The van der Waals surface area contributed by atoms with Crippen LogP contribution >= 0.6 is 0 Å². The molecular weight excluding hydrogens is 172 g/mol. The molecule has 72 valence electrons. The van der Waals surface area contributed by atoms with Crippen molar-refractivity contribution in [3.05, 3.63) is 12.7 Å². The van der Waals surface area contributed by atoms with E-state index >= 15 is 0 Å². The van der Waals surface area contributed by atoms with E-state index in [-0.39, 0.29) is 5.91 Å². The molecule has 0 aromatic rings. The lowest BCUT2D eigenvalue weighted by Crippen LogP contribution is -2.47. The number of carbonyl (C=O) groups excluding carboxylic acids is 1. The number of hydrogen-bond donors (Lipinski definition) is 2. The fraction of sp³-hybridized carbons (Fsp3) is 0.500. The van der Waals surface area contributed by atoms with Crippen molar-refractivity contribution >= 4 is 11.9 Å². The van der Waals surface area contributed by atoms with Gasteiger partial charge in [0.25, 0.3) is 0 Å². The van der Waals surface area contributed by atoms with E-state index in [9.17, 15) is 9.59 Å². The van der Waals surface area contributed by atoms with Gasteiger partial charge < -0.3 is 5.11 Å². The summed E-state index contributed by atoms with van der Waals surface area (Å²) in [7, 11) is 0. The molecule has 1 aliphatic rings. The molecule has 5 nitrogen and oxygen atoms in total. The van der Waals surface area contributed by atoms with Gasteiger partial charge in [-0.2, -0.15) is 0 Å². The van der Waals surface area contributed by atoms with Gasteiger partial charge >= 0.3 is 5.97 Å². The van der Waals surface area contributed by atoms with E-state index in [1.165, 1.54) is 11.1 Å². The third kappa shape index (κ3) is 2.29. The van der Waals surface area contributed by atoms with Crippen LogP contribution in [-0.4, -0.2) is 34.6 Å². The predicted molar refractivity (Wildman–Crippen MR) is 45.7 cm³/mol.